The van der Waals surface area contributed by atoms with Gasteiger partial charge in [0.15, 0.2) is 0 Å². The van der Waals surface area contributed by atoms with E-state index in [-0.39, 0.29) is 65.5 Å². The molecule has 17 atom stereocenters. The number of aliphatic hydroxyl groups excluding tert-OH is 1. The number of nitrogens with zero attached hydrogens (tertiary/aromatic N) is 3. The Labute approximate surface area is 425 Å². The molecule has 2 aliphatic heterocycles. The van der Waals surface area contributed by atoms with E-state index in [1.807, 2.05) is 0 Å². The topological polar surface area (TPSA) is 71.8 Å². The van der Waals surface area contributed by atoms with Gasteiger partial charge in [-0.25, -0.2) is 0 Å². The van der Waals surface area contributed by atoms with Crippen LogP contribution in [0.3, 0.4) is 0 Å². The van der Waals surface area contributed by atoms with E-state index < -0.39 is 11.5 Å². The Kier molecular flexibility index (Phi) is 20.7. The van der Waals surface area contributed by atoms with Gasteiger partial charge in [0.2, 0.25) is 0 Å². The van der Waals surface area contributed by atoms with E-state index in [9.17, 15) is 10.4 Å². The lowest BCUT2D eigenvalue weighted by molar-refractivity contribution is -0.131. The average Bonchev–Trinajstić information content (AvgIpc) is 3.29. The first-order valence-electron chi connectivity index (χ1n) is 28.0. The molecule has 0 aromatic carbocycles. The van der Waals surface area contributed by atoms with Gasteiger partial charge in [-0.05, 0) is 202 Å². The molecule has 0 aromatic rings. The van der Waals surface area contributed by atoms with Crippen LogP contribution in [0.1, 0.15) is 172 Å². The van der Waals surface area contributed by atoms with Crippen molar-refractivity contribution in [1.82, 2.24) is 15.1 Å². The SMILES string of the molecule is C=C(CCC(=C)C[C@H]1C(N[C@@H]2[C@@H](C)C(=C)C(C)C(=C)C[C@H](CC)C(C)(C)C(O)C(C)N(C)C[C@H](C)C[C@@]2(C)C#N)OC(C)CC1N(C)C)CC1CC(=C)C[C@H](CCC2C(C)C=CC3=CCCCC32)C1. The van der Waals surface area contributed by atoms with Crippen LogP contribution in [0.25, 0.3) is 0 Å². The van der Waals surface area contributed by atoms with Crippen molar-refractivity contribution in [2.45, 2.75) is 209 Å². The maximum Gasteiger partial charge on any atom is 0.113 e. The number of hydrogen-bond donors (Lipinski definition) is 2. The van der Waals surface area contributed by atoms with Crippen molar-refractivity contribution in [3.8, 4) is 6.07 Å². The summed E-state index contributed by atoms with van der Waals surface area (Å²) >= 11 is 0. The molecule has 3 aliphatic carbocycles. The molecule has 2 N–H and O–H groups in total. The predicted molar refractivity (Wildman–Crippen MR) is 294 cm³/mol. The highest BCUT2D eigenvalue weighted by atomic mass is 16.5. The molecule has 0 aromatic heterocycles. The third-order valence-electron chi connectivity index (χ3n) is 19.4. The fraction of sp³-hybridized carbons (Fsp3) is 0.762. The molecule has 6 nitrogen and oxygen atoms in total. The lowest BCUT2D eigenvalue weighted by atomic mass is 9.66. The Morgan fingerprint density at radius 1 is 0.942 bits per heavy atom. The van der Waals surface area contributed by atoms with E-state index >= 15 is 0 Å². The second-order valence-corrected chi connectivity index (χ2v) is 25.5. The normalized spacial score (nSPS) is 39.7. The zero-order valence-electron chi connectivity index (χ0n) is 46.7. The Hall–Kier alpha value is -2.53. The Balaban J connectivity index is 1.30. The molecule has 2 saturated heterocycles. The average molecular weight is 950 g/mol. The fourth-order valence-corrected chi connectivity index (χ4v) is 14.7. The second-order valence-electron chi connectivity index (χ2n) is 25.5. The van der Waals surface area contributed by atoms with Crippen LogP contribution in [-0.4, -0.2) is 79.2 Å². The summed E-state index contributed by atoms with van der Waals surface area (Å²) in [6.07, 6.45) is 24.2. The minimum absolute atomic E-state index is 0.0368. The molecule has 5 aliphatic rings. The minimum Gasteiger partial charge on any atom is -0.391 e. The molecule has 0 radical (unpaired) electrons. The zero-order valence-corrected chi connectivity index (χ0v) is 46.7. The van der Waals surface area contributed by atoms with Crippen molar-refractivity contribution < 1.29 is 9.84 Å². The van der Waals surface area contributed by atoms with Crippen molar-refractivity contribution >= 4 is 0 Å². The summed E-state index contributed by atoms with van der Waals surface area (Å²) in [4.78, 5) is 4.71. The zero-order chi connectivity index (χ0) is 51.1. The van der Waals surface area contributed by atoms with Crippen LogP contribution in [-0.2, 0) is 4.74 Å². The van der Waals surface area contributed by atoms with E-state index in [0.29, 0.717) is 18.3 Å². The Morgan fingerprint density at radius 3 is 2.26 bits per heavy atom. The summed E-state index contributed by atoms with van der Waals surface area (Å²) in [5.41, 5.74) is 6.88. The largest absolute Gasteiger partial charge is 0.391 e. The monoisotopic (exact) mass is 949 g/mol. The number of aliphatic hydroxyl groups is 1. The first kappa shape index (κ1) is 57.4. The van der Waals surface area contributed by atoms with E-state index in [1.165, 1.54) is 61.7 Å². The van der Waals surface area contributed by atoms with Crippen molar-refractivity contribution in [2.75, 3.05) is 27.7 Å². The van der Waals surface area contributed by atoms with Crippen molar-refractivity contribution in [3.63, 3.8) is 0 Å². The highest BCUT2D eigenvalue weighted by Gasteiger charge is 2.47. The van der Waals surface area contributed by atoms with Gasteiger partial charge in [-0.1, -0.05) is 134 Å². The van der Waals surface area contributed by atoms with Gasteiger partial charge in [-0.2, -0.15) is 5.26 Å². The first-order valence-corrected chi connectivity index (χ1v) is 28.0. The number of ether oxygens (including phenoxy) is 1. The lowest BCUT2D eigenvalue weighted by Gasteiger charge is -2.49. The van der Waals surface area contributed by atoms with Gasteiger partial charge in [0.25, 0.3) is 0 Å². The predicted octanol–water partition coefficient (Wildman–Crippen LogP) is 14.7. The molecule has 10 unspecified atom stereocenters. The highest BCUT2D eigenvalue weighted by Crippen LogP contribution is 2.47. The molecular formula is C63H104N4O2. The van der Waals surface area contributed by atoms with Crippen LogP contribution in [0.4, 0.5) is 0 Å². The van der Waals surface area contributed by atoms with E-state index in [0.717, 1.165) is 86.8 Å². The summed E-state index contributed by atoms with van der Waals surface area (Å²) in [7, 11) is 6.56. The maximum absolute atomic E-state index is 12.0. The summed E-state index contributed by atoms with van der Waals surface area (Å²) < 4.78 is 7.03. The van der Waals surface area contributed by atoms with E-state index in [2.05, 4.69) is 136 Å². The number of rotatable bonds is 14. The third-order valence-corrected chi connectivity index (χ3v) is 19.4. The molecule has 5 rings (SSSR count). The molecule has 0 amide bonds. The van der Waals surface area contributed by atoms with Crippen molar-refractivity contribution in [3.05, 3.63) is 84.6 Å². The van der Waals surface area contributed by atoms with Crippen LogP contribution >= 0.6 is 0 Å². The second kappa shape index (κ2) is 24.9. The number of fused-ring (bicyclic) bond motifs is 1. The van der Waals surface area contributed by atoms with Crippen molar-refractivity contribution in [1.29, 1.82) is 5.26 Å². The lowest BCUT2D eigenvalue weighted by Crippen LogP contribution is -2.61. The number of allylic oxidation sites excluding steroid dienone is 8. The summed E-state index contributed by atoms with van der Waals surface area (Å²) in [5, 5.41) is 27.5. The maximum atomic E-state index is 12.0. The van der Waals surface area contributed by atoms with Gasteiger partial charge in [0, 0.05) is 30.6 Å². The molecule has 1 saturated carbocycles. The Morgan fingerprint density at radius 2 is 1.61 bits per heavy atom. The Bertz CT molecular complexity index is 1880. The van der Waals surface area contributed by atoms with Gasteiger partial charge >= 0.3 is 0 Å². The molecule has 0 bridgehead atoms. The van der Waals surface area contributed by atoms with Crippen LogP contribution in [0.5, 0.6) is 0 Å². The minimum atomic E-state index is -0.737. The van der Waals surface area contributed by atoms with Crippen LogP contribution < -0.4 is 5.32 Å². The number of likely N-dealkylation sites (N-methyl/N-ethyl adjacent to an activating group) is 1. The van der Waals surface area contributed by atoms with Crippen LogP contribution in [0.15, 0.2) is 84.6 Å². The molecule has 0 spiro atoms. The molecule has 388 valence electrons. The van der Waals surface area contributed by atoms with E-state index in [1.54, 1.807) is 5.57 Å². The molecule has 69 heavy (non-hydrogen) atoms. The first-order chi connectivity index (χ1) is 32.4. The highest BCUT2D eigenvalue weighted by molar-refractivity contribution is 5.29. The molecule has 3 fully saturated rings. The smallest absolute Gasteiger partial charge is 0.113 e. The van der Waals surface area contributed by atoms with Gasteiger partial charge in [-0.3, -0.25) is 5.32 Å². The van der Waals surface area contributed by atoms with Crippen LogP contribution in [0.2, 0.25) is 0 Å². The number of nitrogens with one attached hydrogen (secondary N) is 1. The van der Waals surface area contributed by atoms with Crippen LogP contribution in [0, 0.1) is 81.3 Å². The summed E-state index contributed by atoms with van der Waals surface area (Å²) in [6.45, 7) is 46.8. The number of hydrogen-bond acceptors (Lipinski definition) is 6. The molecule has 6 heteroatoms. The number of nitriles is 1. The van der Waals surface area contributed by atoms with E-state index in [4.69, 9.17) is 31.1 Å². The fourth-order valence-electron chi connectivity index (χ4n) is 14.7. The molecule has 2 heterocycles. The summed E-state index contributed by atoms with van der Waals surface area (Å²) in [6, 6.07) is 2.91. The van der Waals surface area contributed by atoms with Gasteiger partial charge < -0.3 is 19.6 Å². The van der Waals surface area contributed by atoms with Gasteiger partial charge in [0.1, 0.15) is 6.23 Å². The van der Waals surface area contributed by atoms with Crippen molar-refractivity contribution in [2.24, 2.45) is 70.0 Å². The third kappa shape index (κ3) is 14.4. The standard InChI is InChI=1S/C63H104N4O2/c1-19-54-34-45(7)47(9)48(10)49(11)59(63(15,39-64)37-43(5)38-67(18)50(12)60(68)62(54,13)14)65-61-57(58(66(16)17)35-46(8)69-61)33-41(3)25-24-40(2)30-52-32-42(4)31-51(36-52)27-29-55-44(6)26-28-53-22-20-21-23-56(53)55/h22,26,28,43-44,46-47,49-52,54-61,65,68H,2-4,7,10,19-21,23-25,27,29-38H2,1,5-6,8-9,11-18H3/t43-,44?,46?,47?,49+,50?,51+,52?,54+,55?,56?,57-,58?,59-,60?,61?,63+/m1/s1. The summed E-state index contributed by atoms with van der Waals surface area (Å²) in [5.74, 6) is 4.22. The van der Waals surface area contributed by atoms with Gasteiger partial charge in [0.05, 0.1) is 23.7 Å². The van der Waals surface area contributed by atoms with Gasteiger partial charge in [-0.15, -0.1) is 0 Å². The molecular weight excluding hydrogens is 845 g/mol. The quantitative estimate of drug-likeness (QED) is 0.169.